The molecular formula is C25H30FN3O2. The van der Waals surface area contributed by atoms with Crippen LogP contribution in [0.1, 0.15) is 81.7 Å². The van der Waals surface area contributed by atoms with E-state index in [9.17, 15) is 10.1 Å². The molecule has 164 valence electrons. The zero-order chi connectivity index (χ0) is 22.2. The Morgan fingerprint density at radius 1 is 1.23 bits per heavy atom. The molecule has 0 saturated heterocycles. The van der Waals surface area contributed by atoms with Crippen LogP contribution in [0.5, 0.6) is 0 Å². The van der Waals surface area contributed by atoms with Gasteiger partial charge >= 0.3 is 6.09 Å². The van der Waals surface area contributed by atoms with Gasteiger partial charge in [-0.2, -0.15) is 5.26 Å². The monoisotopic (exact) mass is 423 g/mol. The van der Waals surface area contributed by atoms with E-state index < -0.39 is 11.7 Å². The molecule has 0 fully saturated rings. The minimum atomic E-state index is -0.570. The first-order chi connectivity index (χ1) is 14.8. The summed E-state index contributed by atoms with van der Waals surface area (Å²) in [4.78, 5) is 15.7. The summed E-state index contributed by atoms with van der Waals surface area (Å²) < 4.78 is 20.8. The number of rotatable bonds is 2. The van der Waals surface area contributed by atoms with Crippen molar-refractivity contribution in [3.8, 4) is 6.07 Å². The lowest BCUT2D eigenvalue weighted by Crippen LogP contribution is -2.39. The normalized spacial score (nSPS) is 19.2. The maximum absolute atomic E-state index is 15.4. The van der Waals surface area contributed by atoms with Crippen molar-refractivity contribution in [1.29, 1.82) is 5.26 Å². The molecule has 1 unspecified atom stereocenters. The lowest BCUT2D eigenvalue weighted by Gasteiger charge is -2.26. The van der Waals surface area contributed by atoms with Crippen LogP contribution in [0.15, 0.2) is 12.1 Å². The Kier molecular flexibility index (Phi) is 5.79. The van der Waals surface area contributed by atoms with Crippen molar-refractivity contribution in [3.63, 3.8) is 0 Å². The molecule has 1 aromatic heterocycles. The Bertz CT molecular complexity index is 1090. The predicted octanol–water partition coefficient (Wildman–Crippen LogP) is 5.91. The Balaban J connectivity index is 1.77. The topological polar surface area (TPSA) is 77.9 Å². The molecule has 0 bridgehead atoms. The Labute approximate surface area is 182 Å². The minimum absolute atomic E-state index is 0.207. The quantitative estimate of drug-likeness (QED) is 0.590. The summed E-state index contributed by atoms with van der Waals surface area (Å²) in [6.45, 7) is 5.49. The fourth-order valence-electron chi connectivity index (χ4n) is 4.83. The van der Waals surface area contributed by atoms with Crippen LogP contribution in [0, 0.1) is 17.1 Å². The van der Waals surface area contributed by atoms with Crippen molar-refractivity contribution in [2.75, 3.05) is 0 Å². The molecule has 6 heteroatoms. The van der Waals surface area contributed by atoms with E-state index in [-0.39, 0.29) is 11.9 Å². The average molecular weight is 424 g/mol. The van der Waals surface area contributed by atoms with Crippen molar-refractivity contribution >= 4 is 22.6 Å². The standard InChI is InChI=1S/C25H30FN3O2/c1-25(2,3)31-24(30)28-17-9-7-8-15(12-17)21-19(26)13-16(14-27)23-22(21)18-10-5-4-6-11-20(18)29-23/h12-13,17,29H,4-11H2,1-3H3,(H,28,30). The van der Waals surface area contributed by atoms with E-state index in [4.69, 9.17) is 4.74 Å². The summed E-state index contributed by atoms with van der Waals surface area (Å²) in [5.41, 5.74) is 4.30. The lowest BCUT2D eigenvalue weighted by atomic mass is 9.87. The van der Waals surface area contributed by atoms with Gasteiger partial charge in [-0.3, -0.25) is 0 Å². The number of alkyl carbamates (subject to hydrolysis) is 1. The van der Waals surface area contributed by atoms with E-state index in [1.54, 1.807) is 0 Å². The van der Waals surface area contributed by atoms with Gasteiger partial charge < -0.3 is 15.0 Å². The van der Waals surface area contributed by atoms with E-state index in [0.29, 0.717) is 11.1 Å². The van der Waals surface area contributed by atoms with Crippen LogP contribution in [0.2, 0.25) is 0 Å². The van der Waals surface area contributed by atoms with E-state index in [1.165, 1.54) is 6.07 Å². The van der Waals surface area contributed by atoms with Gasteiger partial charge in [-0.1, -0.05) is 12.5 Å². The van der Waals surface area contributed by atoms with E-state index >= 15 is 4.39 Å². The van der Waals surface area contributed by atoms with Crippen LogP contribution in [0.3, 0.4) is 0 Å². The largest absolute Gasteiger partial charge is 0.444 e. The molecule has 1 amide bonds. The zero-order valence-electron chi connectivity index (χ0n) is 18.5. The highest BCUT2D eigenvalue weighted by atomic mass is 19.1. The number of aromatic nitrogens is 1. The number of aryl methyl sites for hydroxylation is 2. The fraction of sp³-hybridized carbons (Fsp3) is 0.520. The molecule has 2 aliphatic carbocycles. The van der Waals surface area contributed by atoms with Gasteiger partial charge in [-0.25, -0.2) is 9.18 Å². The molecule has 4 rings (SSSR count). The second-order valence-corrected chi connectivity index (χ2v) is 9.62. The smallest absolute Gasteiger partial charge is 0.408 e. The van der Waals surface area contributed by atoms with Gasteiger partial charge in [0.1, 0.15) is 17.5 Å². The summed E-state index contributed by atoms with van der Waals surface area (Å²) in [6.07, 6.45) is 9.03. The summed E-state index contributed by atoms with van der Waals surface area (Å²) in [5, 5.41) is 13.4. The molecule has 1 atom stereocenters. The molecule has 1 aromatic carbocycles. The SMILES string of the molecule is CC(C)(C)OC(=O)NC1C=C(c2c(F)cc(C#N)c3[nH]c4c(c23)CCCCC4)CCC1. The van der Waals surface area contributed by atoms with Gasteiger partial charge in [-0.05, 0) is 82.9 Å². The van der Waals surface area contributed by atoms with Crippen molar-refractivity contribution < 1.29 is 13.9 Å². The maximum atomic E-state index is 15.4. The summed E-state index contributed by atoms with van der Waals surface area (Å²) in [6, 6.07) is 3.30. The van der Waals surface area contributed by atoms with Crippen LogP contribution in [0.4, 0.5) is 9.18 Å². The molecule has 1 heterocycles. The van der Waals surface area contributed by atoms with Crippen LogP contribution < -0.4 is 5.32 Å². The zero-order valence-corrected chi connectivity index (χ0v) is 18.5. The first-order valence-corrected chi connectivity index (χ1v) is 11.2. The van der Waals surface area contributed by atoms with Crippen LogP contribution in [-0.4, -0.2) is 22.7 Å². The number of nitrogens with zero attached hydrogens (tertiary/aromatic N) is 1. The van der Waals surface area contributed by atoms with Gasteiger partial charge in [0.25, 0.3) is 0 Å². The Morgan fingerprint density at radius 3 is 2.74 bits per heavy atom. The number of halogens is 1. The molecule has 0 spiro atoms. The third kappa shape index (κ3) is 4.46. The molecule has 5 nitrogen and oxygen atoms in total. The van der Waals surface area contributed by atoms with Gasteiger partial charge in [0.2, 0.25) is 0 Å². The number of allylic oxidation sites excluding steroid dienone is 1. The van der Waals surface area contributed by atoms with E-state index in [0.717, 1.165) is 79.1 Å². The third-order valence-electron chi connectivity index (χ3n) is 6.08. The number of benzene rings is 1. The second kappa shape index (κ2) is 8.37. The number of H-pyrrole nitrogens is 1. The third-order valence-corrected chi connectivity index (χ3v) is 6.08. The molecule has 2 aliphatic rings. The van der Waals surface area contributed by atoms with Crippen LogP contribution in [0.25, 0.3) is 16.5 Å². The van der Waals surface area contributed by atoms with E-state index in [2.05, 4.69) is 16.4 Å². The van der Waals surface area contributed by atoms with Crippen molar-refractivity contribution in [3.05, 3.63) is 40.3 Å². The fourth-order valence-corrected chi connectivity index (χ4v) is 4.83. The molecule has 31 heavy (non-hydrogen) atoms. The van der Waals surface area contributed by atoms with Gasteiger partial charge in [-0.15, -0.1) is 0 Å². The number of nitrogens with one attached hydrogen (secondary N) is 2. The number of nitriles is 1. The second-order valence-electron chi connectivity index (χ2n) is 9.62. The summed E-state index contributed by atoms with van der Waals surface area (Å²) >= 11 is 0. The number of ether oxygens (including phenoxy) is 1. The highest BCUT2D eigenvalue weighted by Gasteiger charge is 2.27. The average Bonchev–Trinajstić information content (AvgIpc) is 2.88. The molecule has 0 saturated carbocycles. The molecular weight excluding hydrogens is 393 g/mol. The molecule has 0 aliphatic heterocycles. The Morgan fingerprint density at radius 2 is 2.00 bits per heavy atom. The van der Waals surface area contributed by atoms with Crippen molar-refractivity contribution in [2.24, 2.45) is 0 Å². The van der Waals surface area contributed by atoms with Gasteiger partial charge in [0.15, 0.2) is 0 Å². The maximum Gasteiger partial charge on any atom is 0.408 e. The first-order valence-electron chi connectivity index (χ1n) is 11.2. The number of hydrogen-bond donors (Lipinski definition) is 2. The van der Waals surface area contributed by atoms with Gasteiger partial charge in [0.05, 0.1) is 17.1 Å². The van der Waals surface area contributed by atoms with Crippen LogP contribution in [-0.2, 0) is 17.6 Å². The number of aromatic amines is 1. The first kappa shape index (κ1) is 21.4. The number of fused-ring (bicyclic) bond motifs is 3. The lowest BCUT2D eigenvalue weighted by molar-refractivity contribution is 0.0511. The van der Waals surface area contributed by atoms with Gasteiger partial charge in [0, 0.05) is 16.6 Å². The molecule has 2 aromatic rings. The highest BCUT2D eigenvalue weighted by Crippen LogP contribution is 2.39. The van der Waals surface area contributed by atoms with E-state index in [1.807, 2.05) is 26.8 Å². The number of carbonyl (C=O) groups is 1. The van der Waals surface area contributed by atoms with Crippen LogP contribution >= 0.6 is 0 Å². The molecule has 0 radical (unpaired) electrons. The summed E-state index contributed by atoms with van der Waals surface area (Å²) in [5.74, 6) is -0.362. The number of amides is 1. The van der Waals surface area contributed by atoms with Crippen molar-refractivity contribution in [2.45, 2.75) is 83.8 Å². The molecule has 2 N–H and O–H groups in total. The Hall–Kier alpha value is -2.81. The van der Waals surface area contributed by atoms with Crippen molar-refractivity contribution in [1.82, 2.24) is 10.3 Å². The number of hydrogen-bond acceptors (Lipinski definition) is 3. The summed E-state index contributed by atoms with van der Waals surface area (Å²) in [7, 11) is 0. The predicted molar refractivity (Wildman–Crippen MR) is 119 cm³/mol. The highest BCUT2D eigenvalue weighted by molar-refractivity contribution is 5.99. The minimum Gasteiger partial charge on any atom is -0.444 e. The number of carbonyl (C=O) groups excluding carboxylic acids is 1.